The van der Waals surface area contributed by atoms with Crippen molar-refractivity contribution in [2.45, 2.75) is 58.5 Å². The summed E-state index contributed by atoms with van der Waals surface area (Å²) in [5, 5.41) is 0. The number of carbonyl (C=O) groups excluding carboxylic acids is 1. The van der Waals surface area contributed by atoms with Crippen LogP contribution in [0.5, 0.6) is 0 Å². The maximum atomic E-state index is 12.7. The van der Waals surface area contributed by atoms with Crippen molar-refractivity contribution >= 4 is 11.6 Å². The normalized spacial score (nSPS) is 15.9. The Morgan fingerprint density at radius 1 is 1.42 bits per heavy atom. The van der Waals surface area contributed by atoms with Crippen molar-refractivity contribution in [2.24, 2.45) is 0 Å². The van der Waals surface area contributed by atoms with E-state index in [1.54, 1.807) is 0 Å². The van der Waals surface area contributed by atoms with Crippen molar-refractivity contribution in [1.29, 1.82) is 0 Å². The predicted molar refractivity (Wildman–Crippen MR) is 78.1 cm³/mol. The summed E-state index contributed by atoms with van der Waals surface area (Å²) in [7, 11) is 0. The first kappa shape index (κ1) is 14.0. The Kier molecular flexibility index (Phi) is 4.51. The van der Waals surface area contributed by atoms with Crippen LogP contribution in [0.3, 0.4) is 0 Å². The zero-order valence-electron chi connectivity index (χ0n) is 12.1. The van der Waals surface area contributed by atoms with Crippen LogP contribution in [-0.4, -0.2) is 28.0 Å². The zero-order valence-corrected chi connectivity index (χ0v) is 12.1. The quantitative estimate of drug-likeness (QED) is 0.888. The van der Waals surface area contributed by atoms with Crippen molar-refractivity contribution in [3.63, 3.8) is 0 Å². The summed E-state index contributed by atoms with van der Waals surface area (Å²) in [4.78, 5) is 14.7. The third-order valence-electron chi connectivity index (χ3n) is 3.97. The highest BCUT2D eigenvalue weighted by molar-refractivity contribution is 5.94. The lowest BCUT2D eigenvalue weighted by molar-refractivity contribution is 0.0682. The van der Waals surface area contributed by atoms with E-state index < -0.39 is 0 Å². The zero-order chi connectivity index (χ0) is 13.8. The highest BCUT2D eigenvalue weighted by Gasteiger charge is 2.27. The molecule has 19 heavy (non-hydrogen) atoms. The van der Waals surface area contributed by atoms with Gasteiger partial charge in [0.1, 0.15) is 5.69 Å². The molecule has 0 atom stereocenters. The molecule has 0 bridgehead atoms. The fourth-order valence-corrected chi connectivity index (χ4v) is 3.07. The van der Waals surface area contributed by atoms with Gasteiger partial charge < -0.3 is 15.2 Å². The Hall–Kier alpha value is -1.45. The molecule has 1 aromatic rings. The number of rotatable bonds is 5. The van der Waals surface area contributed by atoms with Crippen molar-refractivity contribution in [3.05, 3.63) is 18.0 Å². The molecule has 2 N–H and O–H groups in total. The molecule has 4 heteroatoms. The molecule has 0 spiro atoms. The van der Waals surface area contributed by atoms with Crippen LogP contribution in [0.2, 0.25) is 0 Å². The second kappa shape index (κ2) is 6.13. The number of nitrogens with zero attached hydrogens (tertiary/aromatic N) is 2. The molecule has 1 amide bonds. The highest BCUT2D eigenvalue weighted by atomic mass is 16.2. The number of aromatic nitrogens is 1. The van der Waals surface area contributed by atoms with Gasteiger partial charge in [0.15, 0.2) is 0 Å². The van der Waals surface area contributed by atoms with E-state index in [2.05, 4.69) is 13.8 Å². The molecule has 1 aliphatic rings. The first-order chi connectivity index (χ1) is 9.17. The topological polar surface area (TPSA) is 51.3 Å². The van der Waals surface area contributed by atoms with Gasteiger partial charge in [0.25, 0.3) is 5.91 Å². The van der Waals surface area contributed by atoms with Gasteiger partial charge in [-0.3, -0.25) is 4.79 Å². The van der Waals surface area contributed by atoms with E-state index in [9.17, 15) is 4.79 Å². The molecule has 1 fully saturated rings. The Morgan fingerprint density at radius 3 is 2.68 bits per heavy atom. The van der Waals surface area contributed by atoms with E-state index in [0.717, 1.165) is 38.0 Å². The SMILES string of the molecule is CCCn1cc(N)cc1C(=O)N(CC)C1CCCC1. The molecule has 0 aromatic carbocycles. The minimum atomic E-state index is 0.138. The van der Waals surface area contributed by atoms with Crippen LogP contribution in [0.1, 0.15) is 56.4 Å². The second-order valence-corrected chi connectivity index (χ2v) is 5.38. The number of aryl methyl sites for hydroxylation is 1. The third-order valence-corrected chi connectivity index (χ3v) is 3.97. The summed E-state index contributed by atoms with van der Waals surface area (Å²) in [6.07, 6.45) is 7.65. The van der Waals surface area contributed by atoms with Gasteiger partial charge in [-0.1, -0.05) is 19.8 Å². The number of anilines is 1. The molecule has 1 aliphatic carbocycles. The van der Waals surface area contributed by atoms with Gasteiger partial charge in [-0.2, -0.15) is 0 Å². The van der Waals surface area contributed by atoms with Gasteiger partial charge in [-0.15, -0.1) is 0 Å². The number of nitrogens with two attached hydrogens (primary N) is 1. The van der Waals surface area contributed by atoms with Crippen LogP contribution in [-0.2, 0) is 6.54 Å². The van der Waals surface area contributed by atoms with Crippen molar-refractivity contribution in [1.82, 2.24) is 9.47 Å². The van der Waals surface area contributed by atoms with Crippen molar-refractivity contribution in [3.8, 4) is 0 Å². The minimum absolute atomic E-state index is 0.138. The molecule has 0 saturated heterocycles. The summed E-state index contributed by atoms with van der Waals surface area (Å²) in [5.74, 6) is 0.138. The second-order valence-electron chi connectivity index (χ2n) is 5.38. The Balaban J connectivity index is 2.21. The lowest BCUT2D eigenvalue weighted by Crippen LogP contribution is -2.39. The van der Waals surface area contributed by atoms with Crippen LogP contribution in [0.15, 0.2) is 12.3 Å². The fraction of sp³-hybridized carbons (Fsp3) is 0.667. The molecule has 0 aliphatic heterocycles. The van der Waals surface area contributed by atoms with E-state index in [4.69, 9.17) is 5.73 Å². The molecular formula is C15H25N3O. The minimum Gasteiger partial charge on any atom is -0.397 e. The molecule has 4 nitrogen and oxygen atoms in total. The lowest BCUT2D eigenvalue weighted by Gasteiger charge is -2.28. The average Bonchev–Trinajstić information content (AvgIpc) is 3.00. The maximum Gasteiger partial charge on any atom is 0.270 e. The van der Waals surface area contributed by atoms with E-state index >= 15 is 0 Å². The van der Waals surface area contributed by atoms with Crippen molar-refractivity contribution < 1.29 is 4.79 Å². The molecule has 0 radical (unpaired) electrons. The Morgan fingerprint density at radius 2 is 2.11 bits per heavy atom. The number of carbonyl (C=O) groups is 1. The number of amides is 1. The molecular weight excluding hydrogens is 238 g/mol. The first-order valence-corrected chi connectivity index (χ1v) is 7.44. The molecule has 106 valence electrons. The van der Waals surface area contributed by atoms with Crippen LogP contribution in [0, 0.1) is 0 Å². The monoisotopic (exact) mass is 263 g/mol. The highest BCUT2D eigenvalue weighted by Crippen LogP contribution is 2.25. The fourth-order valence-electron chi connectivity index (χ4n) is 3.07. The van der Waals surface area contributed by atoms with Crippen LogP contribution in [0.25, 0.3) is 0 Å². The lowest BCUT2D eigenvalue weighted by atomic mass is 10.2. The summed E-state index contributed by atoms with van der Waals surface area (Å²) < 4.78 is 2.00. The average molecular weight is 263 g/mol. The summed E-state index contributed by atoms with van der Waals surface area (Å²) >= 11 is 0. The van der Waals surface area contributed by atoms with E-state index in [-0.39, 0.29) is 5.91 Å². The van der Waals surface area contributed by atoms with Crippen LogP contribution < -0.4 is 5.73 Å². The molecule has 1 heterocycles. The predicted octanol–water partition coefficient (Wildman–Crippen LogP) is 2.89. The number of hydrogen-bond donors (Lipinski definition) is 1. The molecule has 2 rings (SSSR count). The Bertz CT molecular complexity index is 433. The van der Waals surface area contributed by atoms with Crippen molar-refractivity contribution in [2.75, 3.05) is 12.3 Å². The standard InChI is InChI=1S/C15H25N3O/c1-3-9-17-11-12(16)10-14(17)15(19)18(4-2)13-7-5-6-8-13/h10-11,13H,3-9,16H2,1-2H3. The maximum absolute atomic E-state index is 12.7. The van der Waals surface area contributed by atoms with Gasteiger partial charge in [-0.25, -0.2) is 0 Å². The van der Waals surface area contributed by atoms with E-state index in [1.165, 1.54) is 12.8 Å². The van der Waals surface area contributed by atoms with E-state index in [1.807, 2.05) is 21.7 Å². The summed E-state index contributed by atoms with van der Waals surface area (Å²) in [5.41, 5.74) is 7.27. The Labute approximate surface area is 115 Å². The molecule has 1 aromatic heterocycles. The van der Waals surface area contributed by atoms with Crippen LogP contribution >= 0.6 is 0 Å². The smallest absolute Gasteiger partial charge is 0.270 e. The number of nitrogen functional groups attached to an aromatic ring is 1. The third kappa shape index (κ3) is 2.94. The molecule has 0 unspecified atom stereocenters. The largest absolute Gasteiger partial charge is 0.397 e. The van der Waals surface area contributed by atoms with E-state index in [0.29, 0.717) is 11.7 Å². The van der Waals surface area contributed by atoms with Gasteiger partial charge in [0.05, 0.1) is 5.69 Å². The first-order valence-electron chi connectivity index (χ1n) is 7.44. The summed E-state index contributed by atoms with van der Waals surface area (Å²) in [6.45, 7) is 5.80. The number of hydrogen-bond acceptors (Lipinski definition) is 2. The van der Waals surface area contributed by atoms with Gasteiger partial charge in [0, 0.05) is 25.3 Å². The van der Waals surface area contributed by atoms with Gasteiger partial charge in [0.2, 0.25) is 0 Å². The van der Waals surface area contributed by atoms with Gasteiger partial charge in [-0.05, 0) is 32.3 Å². The van der Waals surface area contributed by atoms with Crippen LogP contribution in [0.4, 0.5) is 5.69 Å². The molecule has 1 saturated carbocycles. The summed E-state index contributed by atoms with van der Waals surface area (Å²) in [6, 6.07) is 2.24. The van der Waals surface area contributed by atoms with Gasteiger partial charge >= 0.3 is 0 Å².